The molecule has 5 nitrogen and oxygen atoms in total. The van der Waals surface area contributed by atoms with E-state index in [-0.39, 0.29) is 12.1 Å². The zero-order chi connectivity index (χ0) is 19.2. The predicted octanol–water partition coefficient (Wildman–Crippen LogP) is 4.98. The van der Waals surface area contributed by atoms with Crippen molar-refractivity contribution in [3.8, 4) is 10.4 Å². The molecule has 2 amide bonds. The van der Waals surface area contributed by atoms with E-state index < -0.39 is 5.97 Å². The molecule has 3 rings (SSSR count). The molecule has 0 unspecified atom stereocenters. The van der Waals surface area contributed by atoms with Crippen molar-refractivity contribution in [3.63, 3.8) is 0 Å². The maximum Gasteiger partial charge on any atom is 0.345 e. The first-order valence-corrected chi connectivity index (χ1v) is 10.4. The van der Waals surface area contributed by atoms with Crippen molar-refractivity contribution < 1.29 is 14.7 Å². The lowest BCUT2D eigenvalue weighted by Crippen LogP contribution is -2.46. The zero-order valence-electron chi connectivity index (χ0n) is 15.6. The van der Waals surface area contributed by atoms with Gasteiger partial charge in [-0.25, -0.2) is 9.59 Å². The van der Waals surface area contributed by atoms with Gasteiger partial charge in [0.25, 0.3) is 0 Å². The van der Waals surface area contributed by atoms with Crippen LogP contribution in [0.3, 0.4) is 0 Å². The maximum absolute atomic E-state index is 12.6. The highest BCUT2D eigenvalue weighted by Gasteiger charge is 2.25. The van der Waals surface area contributed by atoms with Gasteiger partial charge in [-0.05, 0) is 49.1 Å². The molecule has 1 aliphatic rings. The molecule has 1 heterocycles. The fourth-order valence-electron chi connectivity index (χ4n) is 3.64. The van der Waals surface area contributed by atoms with Crippen LogP contribution in [-0.4, -0.2) is 34.6 Å². The average molecular weight is 387 g/mol. The molecule has 0 saturated heterocycles. The second kappa shape index (κ2) is 9.04. The van der Waals surface area contributed by atoms with E-state index in [2.05, 4.69) is 11.4 Å². The van der Waals surface area contributed by atoms with E-state index in [0.29, 0.717) is 18.0 Å². The lowest BCUT2D eigenvalue weighted by molar-refractivity contribution is 0.0702. The third-order valence-electron chi connectivity index (χ3n) is 4.99. The number of urea groups is 1. The Labute approximate surface area is 164 Å². The predicted molar refractivity (Wildman–Crippen MR) is 108 cm³/mol. The van der Waals surface area contributed by atoms with Gasteiger partial charge in [-0.3, -0.25) is 0 Å². The van der Waals surface area contributed by atoms with E-state index in [1.807, 2.05) is 36.1 Å². The number of nitrogens with zero attached hydrogens (tertiary/aromatic N) is 1. The van der Waals surface area contributed by atoms with E-state index in [1.54, 1.807) is 6.07 Å². The molecule has 1 aliphatic carbocycles. The van der Waals surface area contributed by atoms with Crippen LogP contribution in [0.2, 0.25) is 0 Å². The first-order valence-electron chi connectivity index (χ1n) is 9.55. The van der Waals surface area contributed by atoms with E-state index in [9.17, 15) is 9.59 Å². The molecule has 144 valence electrons. The number of thiophene rings is 1. The minimum absolute atomic E-state index is 0.000842. The van der Waals surface area contributed by atoms with Crippen molar-refractivity contribution in [2.24, 2.45) is 0 Å². The summed E-state index contributed by atoms with van der Waals surface area (Å²) in [5.74, 6) is -0.901. The lowest BCUT2D eigenvalue weighted by Gasteiger charge is -2.34. The Morgan fingerprint density at radius 2 is 1.96 bits per heavy atom. The summed E-state index contributed by atoms with van der Waals surface area (Å²) in [4.78, 5) is 27.0. The SMILES string of the molecule is CCNC(=O)N(Cc1cccc(-c2ccc(C(=O)O)s2)c1)C1CCCCC1. The molecule has 1 aromatic heterocycles. The quantitative estimate of drug-likeness (QED) is 0.736. The molecule has 1 saturated carbocycles. The molecule has 2 N–H and O–H groups in total. The summed E-state index contributed by atoms with van der Waals surface area (Å²) >= 11 is 1.27. The Morgan fingerprint density at radius 1 is 1.19 bits per heavy atom. The highest BCUT2D eigenvalue weighted by molar-refractivity contribution is 7.17. The number of carboxylic acid groups (broad SMARTS) is 1. The Morgan fingerprint density at radius 3 is 2.63 bits per heavy atom. The summed E-state index contributed by atoms with van der Waals surface area (Å²) in [5, 5.41) is 12.1. The van der Waals surface area contributed by atoms with Crippen LogP contribution in [0.25, 0.3) is 10.4 Å². The van der Waals surface area contributed by atoms with Crippen molar-refractivity contribution in [2.75, 3.05) is 6.54 Å². The summed E-state index contributed by atoms with van der Waals surface area (Å²) in [6, 6.07) is 11.8. The molecule has 1 fully saturated rings. The number of hydrogen-bond acceptors (Lipinski definition) is 3. The van der Waals surface area contributed by atoms with Crippen LogP contribution in [0, 0.1) is 0 Å². The van der Waals surface area contributed by atoms with E-state index in [0.717, 1.165) is 28.8 Å². The Balaban J connectivity index is 1.80. The number of carboxylic acids is 1. The van der Waals surface area contributed by atoms with Crippen molar-refractivity contribution in [1.29, 1.82) is 0 Å². The standard InChI is InChI=1S/C21H26N2O3S/c1-2-22-21(26)23(17-9-4-3-5-10-17)14-15-7-6-8-16(13-15)18-11-12-19(27-18)20(24)25/h6-8,11-13,17H,2-5,9-10,14H2,1H3,(H,22,26)(H,24,25). The van der Waals surface area contributed by atoms with Gasteiger partial charge in [0.05, 0.1) is 0 Å². The van der Waals surface area contributed by atoms with Gasteiger partial charge in [0.1, 0.15) is 4.88 Å². The molecular formula is C21H26N2O3S. The lowest BCUT2D eigenvalue weighted by atomic mass is 9.94. The summed E-state index contributed by atoms with van der Waals surface area (Å²) in [6.45, 7) is 3.13. The topological polar surface area (TPSA) is 69.6 Å². The largest absolute Gasteiger partial charge is 0.477 e. The summed E-state index contributed by atoms with van der Waals surface area (Å²) in [5.41, 5.74) is 2.05. The molecule has 0 radical (unpaired) electrons. The molecule has 1 aromatic carbocycles. The van der Waals surface area contributed by atoms with Gasteiger partial charge in [0, 0.05) is 24.0 Å². The first kappa shape index (κ1) is 19.4. The zero-order valence-corrected chi connectivity index (χ0v) is 16.4. The van der Waals surface area contributed by atoms with Gasteiger partial charge in [-0.1, -0.05) is 37.5 Å². The minimum atomic E-state index is -0.901. The van der Waals surface area contributed by atoms with Crippen LogP contribution in [0.1, 0.15) is 54.3 Å². The van der Waals surface area contributed by atoms with Crippen LogP contribution in [0.5, 0.6) is 0 Å². The Bertz CT molecular complexity index is 796. The molecule has 0 atom stereocenters. The van der Waals surface area contributed by atoms with Gasteiger partial charge >= 0.3 is 12.0 Å². The van der Waals surface area contributed by atoms with Crippen LogP contribution < -0.4 is 5.32 Å². The normalized spacial score (nSPS) is 14.7. The summed E-state index contributed by atoms with van der Waals surface area (Å²) < 4.78 is 0. The second-order valence-corrected chi connectivity index (χ2v) is 8.01. The molecule has 2 aromatic rings. The molecular weight excluding hydrogens is 360 g/mol. The molecule has 0 spiro atoms. The second-order valence-electron chi connectivity index (χ2n) is 6.92. The number of aromatic carboxylic acids is 1. The van der Waals surface area contributed by atoms with E-state index in [1.165, 1.54) is 30.6 Å². The van der Waals surface area contributed by atoms with Gasteiger partial charge < -0.3 is 15.3 Å². The van der Waals surface area contributed by atoms with Crippen molar-refractivity contribution in [2.45, 2.75) is 51.6 Å². The van der Waals surface area contributed by atoms with Crippen LogP contribution >= 0.6 is 11.3 Å². The van der Waals surface area contributed by atoms with Gasteiger partial charge in [-0.2, -0.15) is 0 Å². The van der Waals surface area contributed by atoms with Gasteiger partial charge in [0.2, 0.25) is 0 Å². The number of benzene rings is 1. The summed E-state index contributed by atoms with van der Waals surface area (Å²) in [7, 11) is 0. The average Bonchev–Trinajstić information content (AvgIpc) is 3.18. The molecule has 6 heteroatoms. The fraction of sp³-hybridized carbons (Fsp3) is 0.429. The first-order chi connectivity index (χ1) is 13.1. The number of hydrogen-bond donors (Lipinski definition) is 2. The number of nitrogens with one attached hydrogen (secondary N) is 1. The highest BCUT2D eigenvalue weighted by atomic mass is 32.1. The molecule has 27 heavy (non-hydrogen) atoms. The van der Waals surface area contributed by atoms with Crippen LogP contribution in [0.4, 0.5) is 4.79 Å². The van der Waals surface area contributed by atoms with Gasteiger partial charge in [-0.15, -0.1) is 11.3 Å². The third kappa shape index (κ3) is 4.89. The minimum Gasteiger partial charge on any atom is -0.477 e. The van der Waals surface area contributed by atoms with E-state index in [4.69, 9.17) is 5.11 Å². The fourth-order valence-corrected chi connectivity index (χ4v) is 4.48. The van der Waals surface area contributed by atoms with Gasteiger partial charge in [0.15, 0.2) is 0 Å². The summed E-state index contributed by atoms with van der Waals surface area (Å²) in [6.07, 6.45) is 5.72. The maximum atomic E-state index is 12.6. The van der Waals surface area contributed by atoms with Crippen LogP contribution in [0.15, 0.2) is 36.4 Å². The third-order valence-corrected chi connectivity index (χ3v) is 6.11. The highest BCUT2D eigenvalue weighted by Crippen LogP contribution is 2.30. The van der Waals surface area contributed by atoms with Crippen molar-refractivity contribution >= 4 is 23.3 Å². The van der Waals surface area contributed by atoms with Crippen molar-refractivity contribution in [1.82, 2.24) is 10.2 Å². The smallest absolute Gasteiger partial charge is 0.345 e. The van der Waals surface area contributed by atoms with E-state index >= 15 is 0 Å². The number of carbonyl (C=O) groups excluding carboxylic acids is 1. The molecule has 0 bridgehead atoms. The monoisotopic (exact) mass is 386 g/mol. The Kier molecular flexibility index (Phi) is 6.50. The molecule has 0 aliphatic heterocycles. The number of amides is 2. The Hall–Kier alpha value is -2.34. The van der Waals surface area contributed by atoms with Crippen molar-refractivity contribution in [3.05, 3.63) is 46.8 Å². The van der Waals surface area contributed by atoms with Crippen LogP contribution in [-0.2, 0) is 6.54 Å². The number of carbonyl (C=O) groups is 2. The number of rotatable bonds is 6.